The Balaban J connectivity index is 1.76. The van der Waals surface area contributed by atoms with E-state index in [0.717, 1.165) is 64.2 Å². The first-order valence-corrected chi connectivity index (χ1v) is 29.7. The van der Waals surface area contributed by atoms with Crippen molar-refractivity contribution >= 4 is 5.91 Å². The van der Waals surface area contributed by atoms with Gasteiger partial charge in [-0.1, -0.05) is 202 Å². The van der Waals surface area contributed by atoms with E-state index in [1.807, 2.05) is 6.08 Å². The minimum atomic E-state index is -1.80. The molecule has 12 atom stereocenters. The first-order valence-electron chi connectivity index (χ1n) is 29.7. The minimum Gasteiger partial charge on any atom is -0.394 e. The Kier molecular flexibility index (Phi) is 42.4. The number of unbranched alkanes of at least 4 members (excludes halogenated alkanes) is 23. The number of allylic oxidation sites excluding steroid dienone is 11. The normalized spacial score (nSPS) is 25.6. The molecule has 2 fully saturated rings. The van der Waals surface area contributed by atoms with E-state index in [1.165, 1.54) is 116 Å². The summed E-state index contributed by atoms with van der Waals surface area (Å²) in [5.74, 6) is -0.285. The molecule has 0 aromatic rings. The lowest BCUT2D eigenvalue weighted by molar-refractivity contribution is -0.359. The third-order valence-corrected chi connectivity index (χ3v) is 14.1. The van der Waals surface area contributed by atoms with Crippen LogP contribution in [0.15, 0.2) is 72.9 Å². The molecular formula is C61H107NO13. The SMILES string of the molecule is CC/C=C\C/C=C\C/C=C\CCCCCC(=O)NC(COC1OC(CO)C(OC2OC(CO)C(O)C(O)C2O)C(O)C1O)C(O)/C=C/CC/C=C/CC/C=C/CCCCCCCCCCCCCCCCCCCC. The number of rotatable bonds is 46. The maximum Gasteiger partial charge on any atom is 0.220 e. The molecule has 14 nitrogen and oxygen atoms in total. The summed E-state index contributed by atoms with van der Waals surface area (Å²) in [5, 5.41) is 86.9. The number of aliphatic hydroxyl groups is 8. The first kappa shape index (κ1) is 68.5. The van der Waals surface area contributed by atoms with Crippen LogP contribution in [0.4, 0.5) is 0 Å². The van der Waals surface area contributed by atoms with Crippen molar-refractivity contribution in [2.75, 3.05) is 19.8 Å². The molecule has 0 aliphatic carbocycles. The van der Waals surface area contributed by atoms with Gasteiger partial charge in [-0.05, 0) is 77.0 Å². The smallest absolute Gasteiger partial charge is 0.220 e. The van der Waals surface area contributed by atoms with E-state index >= 15 is 0 Å². The molecule has 2 aliphatic heterocycles. The fraction of sp³-hybridized carbons (Fsp3) is 0.787. The second-order valence-electron chi connectivity index (χ2n) is 20.7. The number of nitrogens with one attached hydrogen (secondary N) is 1. The van der Waals surface area contributed by atoms with Crippen LogP contribution in [-0.2, 0) is 23.7 Å². The largest absolute Gasteiger partial charge is 0.394 e. The molecule has 434 valence electrons. The highest BCUT2D eigenvalue weighted by Crippen LogP contribution is 2.30. The van der Waals surface area contributed by atoms with Gasteiger partial charge in [0.1, 0.15) is 48.8 Å². The zero-order valence-electron chi connectivity index (χ0n) is 46.5. The topological polar surface area (TPSA) is 228 Å². The molecule has 9 N–H and O–H groups in total. The van der Waals surface area contributed by atoms with Gasteiger partial charge in [-0.3, -0.25) is 4.79 Å². The monoisotopic (exact) mass is 1060 g/mol. The van der Waals surface area contributed by atoms with Gasteiger partial charge >= 0.3 is 0 Å². The molecule has 0 saturated carbocycles. The molecule has 12 unspecified atom stereocenters. The van der Waals surface area contributed by atoms with Gasteiger partial charge in [0.2, 0.25) is 5.91 Å². The summed E-state index contributed by atoms with van der Waals surface area (Å²) < 4.78 is 22.7. The van der Waals surface area contributed by atoms with Crippen LogP contribution in [0.3, 0.4) is 0 Å². The molecule has 1 amide bonds. The number of ether oxygens (including phenoxy) is 4. The van der Waals surface area contributed by atoms with Gasteiger partial charge < -0.3 is 65.1 Å². The highest BCUT2D eigenvalue weighted by Gasteiger charge is 2.51. The van der Waals surface area contributed by atoms with Gasteiger partial charge in [0.05, 0.1) is 32.0 Å². The number of aliphatic hydroxyl groups excluding tert-OH is 8. The van der Waals surface area contributed by atoms with Crippen LogP contribution in [0.25, 0.3) is 0 Å². The third kappa shape index (κ3) is 32.2. The predicted octanol–water partition coefficient (Wildman–Crippen LogP) is 9.94. The van der Waals surface area contributed by atoms with Gasteiger partial charge in [-0.25, -0.2) is 0 Å². The Morgan fingerprint density at radius 2 is 0.933 bits per heavy atom. The summed E-state index contributed by atoms with van der Waals surface area (Å²) in [6.45, 7) is 2.63. The molecule has 2 rings (SSSR count). The molecule has 0 radical (unpaired) electrons. The Morgan fingerprint density at radius 1 is 0.493 bits per heavy atom. The summed E-state index contributed by atoms with van der Waals surface area (Å²) in [6.07, 6.45) is 44.0. The Bertz CT molecular complexity index is 1530. The van der Waals surface area contributed by atoms with Crippen LogP contribution in [0, 0.1) is 0 Å². The summed E-state index contributed by atoms with van der Waals surface area (Å²) >= 11 is 0. The van der Waals surface area contributed by atoms with Crippen LogP contribution in [0.2, 0.25) is 0 Å². The number of hydrogen-bond donors (Lipinski definition) is 9. The van der Waals surface area contributed by atoms with E-state index in [1.54, 1.807) is 6.08 Å². The lowest BCUT2D eigenvalue weighted by Gasteiger charge is -2.46. The lowest BCUT2D eigenvalue weighted by atomic mass is 9.97. The number of carbonyl (C=O) groups excluding carboxylic acids is 1. The van der Waals surface area contributed by atoms with Gasteiger partial charge in [0, 0.05) is 6.42 Å². The van der Waals surface area contributed by atoms with E-state index in [-0.39, 0.29) is 18.9 Å². The summed E-state index contributed by atoms with van der Waals surface area (Å²) in [5.41, 5.74) is 0. The van der Waals surface area contributed by atoms with Crippen molar-refractivity contribution in [1.29, 1.82) is 0 Å². The average molecular weight is 1060 g/mol. The first-order chi connectivity index (χ1) is 36.6. The maximum atomic E-state index is 13.2. The zero-order valence-corrected chi connectivity index (χ0v) is 46.5. The summed E-state index contributed by atoms with van der Waals surface area (Å²) in [4.78, 5) is 13.2. The van der Waals surface area contributed by atoms with E-state index in [2.05, 4.69) is 79.9 Å². The lowest BCUT2D eigenvalue weighted by Crippen LogP contribution is -2.65. The van der Waals surface area contributed by atoms with Crippen molar-refractivity contribution in [1.82, 2.24) is 5.32 Å². The minimum absolute atomic E-state index is 0.231. The average Bonchev–Trinajstić information content (AvgIpc) is 3.41. The molecule has 0 aromatic carbocycles. The quantitative estimate of drug-likeness (QED) is 0.0205. The summed E-state index contributed by atoms with van der Waals surface area (Å²) in [7, 11) is 0. The van der Waals surface area contributed by atoms with E-state index in [0.29, 0.717) is 12.8 Å². The predicted molar refractivity (Wildman–Crippen MR) is 300 cm³/mol. The highest BCUT2D eigenvalue weighted by atomic mass is 16.7. The molecule has 2 heterocycles. The van der Waals surface area contributed by atoms with Crippen LogP contribution < -0.4 is 5.32 Å². The van der Waals surface area contributed by atoms with Gasteiger partial charge in [0.15, 0.2) is 12.6 Å². The zero-order chi connectivity index (χ0) is 54.6. The van der Waals surface area contributed by atoms with Gasteiger partial charge in [-0.2, -0.15) is 0 Å². The summed E-state index contributed by atoms with van der Waals surface area (Å²) in [6, 6.07) is -0.956. The second-order valence-corrected chi connectivity index (χ2v) is 20.7. The molecule has 75 heavy (non-hydrogen) atoms. The number of carbonyl (C=O) groups is 1. The van der Waals surface area contributed by atoms with Crippen molar-refractivity contribution in [2.24, 2.45) is 0 Å². The number of hydrogen-bond acceptors (Lipinski definition) is 13. The van der Waals surface area contributed by atoms with Crippen LogP contribution in [0.5, 0.6) is 0 Å². The molecule has 0 spiro atoms. The molecular weight excluding hydrogens is 955 g/mol. The standard InChI is InChI=1S/C61H107NO13/c1-3-5-7-9-11-13-15-17-18-19-20-21-22-23-24-25-26-27-28-29-30-31-33-34-36-38-40-42-44-50(65)49(62-53(66)45-43-41-39-37-35-32-16-14-12-10-8-6-4-2)48-72-60-58(71)56(69)59(52(47-64)74-60)75-61-57(70)55(68)54(67)51(46-63)73-61/h6,8,12,14,29-30,32,34-36,42,44,49-52,54-61,63-65,67-71H,3-5,7,9-11,13,15-28,31,33,37-41,43,45-48H2,1-2H3,(H,62,66)/b8-6-,14-12-,30-29+,35-32-,36-34+,44-42+. The van der Waals surface area contributed by atoms with E-state index < -0.39 is 86.8 Å². The van der Waals surface area contributed by atoms with E-state index in [4.69, 9.17) is 18.9 Å². The van der Waals surface area contributed by atoms with E-state index in [9.17, 15) is 45.6 Å². The van der Waals surface area contributed by atoms with Crippen LogP contribution in [0.1, 0.15) is 213 Å². The van der Waals surface area contributed by atoms with Crippen molar-refractivity contribution in [3.63, 3.8) is 0 Å². The Labute approximate surface area is 453 Å². The third-order valence-electron chi connectivity index (χ3n) is 14.1. The van der Waals surface area contributed by atoms with Crippen molar-refractivity contribution in [2.45, 2.75) is 286 Å². The number of amides is 1. The molecule has 2 saturated heterocycles. The fourth-order valence-electron chi connectivity index (χ4n) is 9.34. The van der Waals surface area contributed by atoms with Crippen LogP contribution >= 0.6 is 0 Å². The van der Waals surface area contributed by atoms with Crippen molar-refractivity contribution in [3.8, 4) is 0 Å². The van der Waals surface area contributed by atoms with Crippen molar-refractivity contribution in [3.05, 3.63) is 72.9 Å². The maximum absolute atomic E-state index is 13.2. The molecule has 14 heteroatoms. The fourth-order valence-corrected chi connectivity index (χ4v) is 9.34. The van der Waals surface area contributed by atoms with Gasteiger partial charge in [0.25, 0.3) is 0 Å². The van der Waals surface area contributed by atoms with Crippen LogP contribution in [-0.4, -0.2) is 140 Å². The molecule has 0 aromatic heterocycles. The van der Waals surface area contributed by atoms with Crippen molar-refractivity contribution < 1.29 is 64.6 Å². The molecule has 2 aliphatic rings. The molecule has 0 bridgehead atoms. The highest BCUT2D eigenvalue weighted by molar-refractivity contribution is 5.76. The Hall–Kier alpha value is -2.57. The second kappa shape index (κ2) is 46.4. The van der Waals surface area contributed by atoms with Gasteiger partial charge in [-0.15, -0.1) is 0 Å². The Morgan fingerprint density at radius 3 is 1.47 bits per heavy atom.